The summed E-state index contributed by atoms with van der Waals surface area (Å²) >= 11 is 1.73. The molecule has 0 saturated carbocycles. The van der Waals surface area contributed by atoms with E-state index in [9.17, 15) is 13.2 Å². The molecule has 1 N–H and O–H groups in total. The summed E-state index contributed by atoms with van der Waals surface area (Å²) < 4.78 is 30.8. The third-order valence-electron chi connectivity index (χ3n) is 4.21. The smallest absolute Gasteiger partial charge is 0.240 e. The molecule has 158 valence electrons. The van der Waals surface area contributed by atoms with E-state index in [1.165, 1.54) is 11.1 Å². The van der Waals surface area contributed by atoms with Gasteiger partial charge in [-0.05, 0) is 49.2 Å². The number of amides is 1. The van der Waals surface area contributed by atoms with E-state index in [4.69, 9.17) is 4.74 Å². The Labute approximate surface area is 177 Å². The summed E-state index contributed by atoms with van der Waals surface area (Å²) in [5, 5.41) is 2.80. The number of ether oxygens (including phenoxy) is 1. The molecule has 2 rings (SSSR count). The largest absolute Gasteiger partial charge is 0.494 e. The maximum atomic E-state index is 12.3. The highest BCUT2D eigenvalue weighted by molar-refractivity contribution is 7.98. The molecule has 0 aliphatic rings. The quantitative estimate of drug-likeness (QED) is 0.548. The van der Waals surface area contributed by atoms with E-state index in [0.29, 0.717) is 24.6 Å². The minimum Gasteiger partial charge on any atom is -0.494 e. The van der Waals surface area contributed by atoms with Gasteiger partial charge in [0.15, 0.2) is 0 Å². The molecule has 1 amide bonds. The van der Waals surface area contributed by atoms with Crippen LogP contribution in [-0.4, -0.2) is 46.0 Å². The van der Waals surface area contributed by atoms with Crippen LogP contribution in [-0.2, 0) is 20.6 Å². The van der Waals surface area contributed by atoms with Gasteiger partial charge in [-0.3, -0.25) is 9.10 Å². The average Bonchev–Trinajstić information content (AvgIpc) is 2.67. The van der Waals surface area contributed by atoms with Crippen molar-refractivity contribution in [3.05, 3.63) is 59.7 Å². The van der Waals surface area contributed by atoms with Crippen molar-refractivity contribution in [2.24, 2.45) is 0 Å². The molecule has 0 aliphatic carbocycles. The van der Waals surface area contributed by atoms with Crippen molar-refractivity contribution in [1.29, 1.82) is 0 Å². The van der Waals surface area contributed by atoms with Crippen LogP contribution in [0.1, 0.15) is 18.1 Å². The van der Waals surface area contributed by atoms with Crippen LogP contribution >= 0.6 is 11.8 Å². The second kappa shape index (κ2) is 11.1. The van der Waals surface area contributed by atoms with E-state index >= 15 is 0 Å². The van der Waals surface area contributed by atoms with Gasteiger partial charge in [0.05, 0.1) is 18.6 Å². The Balaban J connectivity index is 1.84. The Morgan fingerprint density at radius 2 is 1.83 bits per heavy atom. The van der Waals surface area contributed by atoms with Crippen molar-refractivity contribution in [2.75, 3.05) is 36.0 Å². The van der Waals surface area contributed by atoms with E-state index in [2.05, 4.69) is 24.4 Å². The van der Waals surface area contributed by atoms with Gasteiger partial charge in [-0.15, -0.1) is 0 Å². The highest BCUT2D eigenvalue weighted by Crippen LogP contribution is 2.21. The third-order valence-corrected chi connectivity index (χ3v) is 6.36. The topological polar surface area (TPSA) is 75.7 Å². The lowest BCUT2D eigenvalue weighted by atomic mass is 10.1. The number of thioether (sulfide) groups is 1. The Morgan fingerprint density at radius 1 is 1.14 bits per heavy atom. The average molecular weight is 437 g/mol. The summed E-state index contributed by atoms with van der Waals surface area (Å²) in [6.45, 7) is 4.71. The first-order valence-corrected chi connectivity index (χ1v) is 12.4. The van der Waals surface area contributed by atoms with Crippen LogP contribution in [0, 0.1) is 6.92 Å². The molecule has 0 aromatic heterocycles. The summed E-state index contributed by atoms with van der Waals surface area (Å²) in [5.74, 6) is 1.95. The van der Waals surface area contributed by atoms with Crippen molar-refractivity contribution in [1.82, 2.24) is 5.32 Å². The molecule has 8 heteroatoms. The number of hydrogen-bond acceptors (Lipinski definition) is 5. The monoisotopic (exact) mass is 436 g/mol. The van der Waals surface area contributed by atoms with Crippen molar-refractivity contribution in [3.8, 4) is 5.75 Å². The molecule has 0 bridgehead atoms. The highest BCUT2D eigenvalue weighted by Gasteiger charge is 2.20. The van der Waals surface area contributed by atoms with Crippen LogP contribution in [0.25, 0.3) is 0 Å². The lowest BCUT2D eigenvalue weighted by Crippen LogP contribution is -2.41. The number of sulfonamides is 1. The first-order chi connectivity index (χ1) is 13.8. The zero-order chi connectivity index (χ0) is 21.3. The molecular formula is C21H28N2O4S2. The lowest BCUT2D eigenvalue weighted by molar-refractivity contribution is -0.119. The molecule has 0 aliphatic heterocycles. The molecule has 0 atom stereocenters. The lowest BCUT2D eigenvalue weighted by Gasteiger charge is -2.22. The molecule has 0 unspecified atom stereocenters. The Hall–Kier alpha value is -2.19. The van der Waals surface area contributed by atoms with Crippen LogP contribution in [0.4, 0.5) is 5.69 Å². The second-order valence-corrected chi connectivity index (χ2v) is 9.54. The van der Waals surface area contributed by atoms with E-state index in [1.54, 1.807) is 36.0 Å². The number of anilines is 1. The number of benzene rings is 2. The molecule has 2 aromatic carbocycles. The van der Waals surface area contributed by atoms with Crippen LogP contribution in [0.15, 0.2) is 48.5 Å². The molecule has 0 radical (unpaired) electrons. The second-order valence-electron chi connectivity index (χ2n) is 6.53. The number of nitrogens with zero attached hydrogens (tertiary/aromatic N) is 1. The van der Waals surface area contributed by atoms with Crippen LogP contribution < -0.4 is 14.4 Å². The Bertz CT molecular complexity index is 899. The number of aryl methyl sites for hydroxylation is 1. The van der Waals surface area contributed by atoms with Crippen LogP contribution in [0.2, 0.25) is 0 Å². The minimum atomic E-state index is -3.59. The summed E-state index contributed by atoms with van der Waals surface area (Å²) in [6, 6.07) is 14.9. The van der Waals surface area contributed by atoms with Crippen molar-refractivity contribution in [3.63, 3.8) is 0 Å². The van der Waals surface area contributed by atoms with Crippen LogP contribution in [0.3, 0.4) is 0 Å². The predicted octanol–water partition coefficient (Wildman–Crippen LogP) is 3.21. The standard InChI is InChI=1S/C21H28N2O4S2/c1-4-27-20-11-9-19(10-12-20)23(29(3,25)26)15-21(24)22-13-14-28-16-18-8-6-5-7-17(18)2/h5-12H,4,13-16H2,1-3H3,(H,22,24). The van der Waals surface area contributed by atoms with E-state index in [1.807, 2.05) is 19.1 Å². The summed E-state index contributed by atoms with van der Waals surface area (Å²) in [5.41, 5.74) is 2.96. The number of hydrogen-bond donors (Lipinski definition) is 1. The first kappa shape index (κ1) is 23.1. The van der Waals surface area contributed by atoms with Crippen LogP contribution in [0.5, 0.6) is 5.75 Å². The number of nitrogens with one attached hydrogen (secondary N) is 1. The van der Waals surface area contributed by atoms with Gasteiger partial charge in [0.2, 0.25) is 15.9 Å². The molecule has 0 fully saturated rings. The summed E-state index contributed by atoms with van der Waals surface area (Å²) in [4.78, 5) is 12.3. The zero-order valence-corrected chi connectivity index (χ0v) is 18.7. The summed E-state index contributed by atoms with van der Waals surface area (Å²) in [7, 11) is -3.59. The maximum Gasteiger partial charge on any atom is 0.240 e. The third kappa shape index (κ3) is 7.62. The van der Waals surface area contributed by atoms with E-state index in [0.717, 1.165) is 22.1 Å². The van der Waals surface area contributed by atoms with Gasteiger partial charge in [-0.2, -0.15) is 11.8 Å². The molecule has 0 saturated heterocycles. The Morgan fingerprint density at radius 3 is 2.45 bits per heavy atom. The molecule has 29 heavy (non-hydrogen) atoms. The predicted molar refractivity (Wildman–Crippen MR) is 120 cm³/mol. The fraction of sp³-hybridized carbons (Fsp3) is 0.381. The van der Waals surface area contributed by atoms with Gasteiger partial charge in [-0.25, -0.2) is 8.42 Å². The van der Waals surface area contributed by atoms with Gasteiger partial charge in [0.1, 0.15) is 12.3 Å². The van der Waals surface area contributed by atoms with E-state index < -0.39 is 10.0 Å². The Kier molecular flexibility index (Phi) is 8.85. The fourth-order valence-electron chi connectivity index (χ4n) is 2.68. The number of carbonyl (C=O) groups excluding carboxylic acids is 1. The van der Waals surface area contributed by atoms with Gasteiger partial charge < -0.3 is 10.1 Å². The molecule has 0 spiro atoms. The van der Waals surface area contributed by atoms with Gasteiger partial charge in [-0.1, -0.05) is 24.3 Å². The van der Waals surface area contributed by atoms with Gasteiger partial charge in [0.25, 0.3) is 0 Å². The number of carbonyl (C=O) groups is 1. The molecule has 2 aromatic rings. The van der Waals surface area contributed by atoms with E-state index in [-0.39, 0.29) is 12.5 Å². The van der Waals surface area contributed by atoms with Crippen molar-refractivity contribution < 1.29 is 17.9 Å². The summed E-state index contributed by atoms with van der Waals surface area (Å²) in [6.07, 6.45) is 1.09. The van der Waals surface area contributed by atoms with Crippen molar-refractivity contribution >= 4 is 33.4 Å². The zero-order valence-electron chi connectivity index (χ0n) is 17.1. The molecule has 0 heterocycles. The maximum absolute atomic E-state index is 12.3. The fourth-order valence-corrected chi connectivity index (χ4v) is 4.47. The molecular weight excluding hydrogens is 408 g/mol. The van der Waals surface area contributed by atoms with Gasteiger partial charge >= 0.3 is 0 Å². The normalized spacial score (nSPS) is 11.1. The minimum absolute atomic E-state index is 0.255. The SMILES string of the molecule is CCOc1ccc(N(CC(=O)NCCSCc2ccccc2C)S(C)(=O)=O)cc1. The van der Waals surface area contributed by atoms with Gasteiger partial charge in [0, 0.05) is 18.1 Å². The molecule has 6 nitrogen and oxygen atoms in total. The van der Waals surface area contributed by atoms with Crippen molar-refractivity contribution in [2.45, 2.75) is 19.6 Å². The highest BCUT2D eigenvalue weighted by atomic mass is 32.2. The first-order valence-electron chi connectivity index (χ1n) is 9.40. The number of rotatable bonds is 11.